The number of hydrogen-bond acceptors (Lipinski definition) is 5. The molecule has 9 heteroatoms. The van der Waals surface area contributed by atoms with Crippen molar-refractivity contribution in [3.8, 4) is 0 Å². The molecule has 28 heavy (non-hydrogen) atoms. The molecule has 3 aromatic rings. The smallest absolute Gasteiger partial charge is 0.329 e. The van der Waals surface area contributed by atoms with Gasteiger partial charge in [-0.3, -0.25) is 18.9 Å². The Kier molecular flexibility index (Phi) is 4.54. The Morgan fingerprint density at radius 3 is 2.57 bits per heavy atom. The molecule has 1 fully saturated rings. The molecule has 148 valence electrons. The molecule has 2 atom stereocenters. The number of aromatic amines is 1. The second-order valence-corrected chi connectivity index (χ2v) is 7.24. The second-order valence-electron chi connectivity index (χ2n) is 7.24. The molecule has 0 aliphatic carbocycles. The van der Waals surface area contributed by atoms with E-state index in [1.807, 2.05) is 18.7 Å². The third kappa shape index (κ3) is 3.11. The maximum absolute atomic E-state index is 14.3. The van der Waals surface area contributed by atoms with Crippen molar-refractivity contribution >= 4 is 17.1 Å². The summed E-state index contributed by atoms with van der Waals surface area (Å²) < 4.78 is 23.1. The highest BCUT2D eigenvalue weighted by Crippen LogP contribution is 2.25. The summed E-state index contributed by atoms with van der Waals surface area (Å²) in [7, 11) is 1.55. The van der Waals surface area contributed by atoms with Crippen LogP contribution in [0.2, 0.25) is 0 Å². The number of aryl methyl sites for hydroxylation is 1. The molecule has 1 aliphatic heterocycles. The van der Waals surface area contributed by atoms with Crippen molar-refractivity contribution in [3.63, 3.8) is 0 Å². The zero-order chi connectivity index (χ0) is 20.0. The van der Waals surface area contributed by atoms with Gasteiger partial charge in [-0.2, -0.15) is 4.98 Å². The van der Waals surface area contributed by atoms with E-state index < -0.39 is 11.2 Å². The zero-order valence-electron chi connectivity index (χ0n) is 16.0. The molecule has 1 aliphatic rings. The molecule has 0 amide bonds. The van der Waals surface area contributed by atoms with Crippen LogP contribution in [0, 0.1) is 5.82 Å². The first-order chi connectivity index (χ1) is 13.3. The largest absolute Gasteiger partial charge is 0.372 e. The Morgan fingerprint density at radius 2 is 1.89 bits per heavy atom. The molecule has 4 rings (SSSR count). The van der Waals surface area contributed by atoms with Gasteiger partial charge in [-0.05, 0) is 19.9 Å². The average molecular weight is 387 g/mol. The molecule has 0 saturated carbocycles. The molecule has 0 unspecified atom stereocenters. The van der Waals surface area contributed by atoms with Crippen LogP contribution in [0.25, 0.3) is 11.2 Å². The minimum absolute atomic E-state index is 0.0208. The molecular weight excluding hydrogens is 365 g/mol. The molecule has 2 aromatic heterocycles. The van der Waals surface area contributed by atoms with Gasteiger partial charge in [0, 0.05) is 25.7 Å². The van der Waals surface area contributed by atoms with Gasteiger partial charge in [-0.25, -0.2) is 9.18 Å². The van der Waals surface area contributed by atoms with E-state index >= 15 is 0 Å². The molecule has 1 saturated heterocycles. The molecule has 0 spiro atoms. The van der Waals surface area contributed by atoms with Crippen LogP contribution in [0.5, 0.6) is 0 Å². The zero-order valence-corrected chi connectivity index (χ0v) is 16.0. The van der Waals surface area contributed by atoms with E-state index in [1.165, 1.54) is 10.6 Å². The number of H-pyrrole nitrogens is 1. The number of aromatic nitrogens is 4. The Balaban J connectivity index is 1.94. The van der Waals surface area contributed by atoms with Crippen molar-refractivity contribution in [2.45, 2.75) is 32.6 Å². The van der Waals surface area contributed by atoms with E-state index in [0.717, 1.165) is 0 Å². The number of fused-ring (bicyclic) bond motifs is 1. The fraction of sp³-hybridized carbons (Fsp3) is 0.421. The van der Waals surface area contributed by atoms with Crippen molar-refractivity contribution in [2.24, 2.45) is 7.05 Å². The predicted molar refractivity (Wildman–Crippen MR) is 103 cm³/mol. The van der Waals surface area contributed by atoms with Crippen LogP contribution in [0.1, 0.15) is 19.4 Å². The molecular formula is C19H22FN5O3. The lowest BCUT2D eigenvalue weighted by Gasteiger charge is -2.36. The Labute approximate surface area is 160 Å². The molecule has 8 nitrogen and oxygen atoms in total. The first-order valence-electron chi connectivity index (χ1n) is 9.18. The van der Waals surface area contributed by atoms with Gasteiger partial charge in [0.25, 0.3) is 5.56 Å². The highest BCUT2D eigenvalue weighted by atomic mass is 19.1. The normalized spacial score (nSPS) is 20.1. The number of hydrogen-bond donors (Lipinski definition) is 1. The summed E-state index contributed by atoms with van der Waals surface area (Å²) >= 11 is 0. The first kappa shape index (κ1) is 18.4. The SMILES string of the molecule is C[C@H]1CN(c2nc3c(c(=O)[nH]c(=O)n3C)n2Cc2ccccc2F)C[C@H](C)O1. The second kappa shape index (κ2) is 6.90. The lowest BCUT2D eigenvalue weighted by Crippen LogP contribution is -2.46. The Bertz CT molecular complexity index is 1140. The minimum Gasteiger partial charge on any atom is -0.372 e. The van der Waals surface area contributed by atoms with Gasteiger partial charge < -0.3 is 9.64 Å². The molecule has 1 N–H and O–H groups in total. The summed E-state index contributed by atoms with van der Waals surface area (Å²) in [4.78, 5) is 33.6. The number of nitrogens with zero attached hydrogens (tertiary/aromatic N) is 4. The van der Waals surface area contributed by atoms with Crippen LogP contribution in [0.3, 0.4) is 0 Å². The summed E-state index contributed by atoms with van der Waals surface area (Å²) in [5.41, 5.74) is -0.129. The molecule has 0 bridgehead atoms. The fourth-order valence-corrected chi connectivity index (χ4v) is 3.75. The maximum atomic E-state index is 14.3. The quantitative estimate of drug-likeness (QED) is 0.731. The van der Waals surface area contributed by atoms with Crippen molar-refractivity contribution in [2.75, 3.05) is 18.0 Å². The number of rotatable bonds is 3. The molecule has 0 radical (unpaired) electrons. The Hall–Kier alpha value is -2.94. The summed E-state index contributed by atoms with van der Waals surface area (Å²) in [6, 6.07) is 6.42. The third-order valence-electron chi connectivity index (χ3n) is 4.98. The number of halogens is 1. The van der Waals surface area contributed by atoms with Crippen LogP contribution in [0.4, 0.5) is 10.3 Å². The van der Waals surface area contributed by atoms with E-state index in [2.05, 4.69) is 9.97 Å². The highest BCUT2D eigenvalue weighted by Gasteiger charge is 2.28. The predicted octanol–water partition coefficient (Wildman–Crippen LogP) is 1.22. The summed E-state index contributed by atoms with van der Waals surface area (Å²) in [6.45, 7) is 5.22. The monoisotopic (exact) mass is 387 g/mol. The van der Waals surface area contributed by atoms with Gasteiger partial charge in [0.15, 0.2) is 11.2 Å². The third-order valence-corrected chi connectivity index (χ3v) is 4.98. The molecule has 3 heterocycles. The standard InChI is InChI=1S/C19H22FN5O3/c1-11-8-24(9-12(2)28-11)18-21-16-15(17(26)22-19(27)23(16)3)25(18)10-13-6-4-5-7-14(13)20/h4-7,11-12H,8-10H2,1-3H3,(H,22,26,27)/t11-,12-/m0/s1. The number of imidazole rings is 1. The lowest BCUT2D eigenvalue weighted by atomic mass is 10.2. The van der Waals surface area contributed by atoms with Crippen LogP contribution < -0.4 is 16.1 Å². The minimum atomic E-state index is -0.539. The van der Waals surface area contributed by atoms with Crippen LogP contribution in [0.15, 0.2) is 33.9 Å². The number of benzene rings is 1. The van der Waals surface area contributed by atoms with Gasteiger partial charge in [0.05, 0.1) is 18.8 Å². The van der Waals surface area contributed by atoms with E-state index in [1.54, 1.807) is 29.8 Å². The van der Waals surface area contributed by atoms with Gasteiger partial charge in [0.1, 0.15) is 5.82 Å². The maximum Gasteiger partial charge on any atom is 0.329 e. The van der Waals surface area contributed by atoms with Gasteiger partial charge in [-0.1, -0.05) is 18.2 Å². The highest BCUT2D eigenvalue weighted by molar-refractivity contribution is 5.74. The first-order valence-corrected chi connectivity index (χ1v) is 9.18. The summed E-state index contributed by atoms with van der Waals surface area (Å²) in [6.07, 6.45) is -0.0415. The van der Waals surface area contributed by atoms with E-state index in [9.17, 15) is 14.0 Å². The number of anilines is 1. The van der Waals surface area contributed by atoms with Gasteiger partial charge >= 0.3 is 5.69 Å². The van der Waals surface area contributed by atoms with Crippen LogP contribution >= 0.6 is 0 Å². The Morgan fingerprint density at radius 1 is 1.21 bits per heavy atom. The summed E-state index contributed by atoms with van der Waals surface area (Å²) in [5.74, 6) is 0.159. The van der Waals surface area contributed by atoms with E-state index in [4.69, 9.17) is 4.74 Å². The van der Waals surface area contributed by atoms with Crippen LogP contribution in [-0.4, -0.2) is 44.4 Å². The number of ether oxygens (including phenoxy) is 1. The van der Waals surface area contributed by atoms with Crippen molar-refractivity contribution in [1.29, 1.82) is 0 Å². The summed E-state index contributed by atoms with van der Waals surface area (Å²) in [5, 5.41) is 0. The lowest BCUT2D eigenvalue weighted by molar-refractivity contribution is -0.00586. The van der Waals surface area contributed by atoms with Gasteiger partial charge in [0.2, 0.25) is 5.95 Å². The number of morpholine rings is 1. The van der Waals surface area contributed by atoms with Gasteiger partial charge in [-0.15, -0.1) is 0 Å². The topological polar surface area (TPSA) is 85.2 Å². The average Bonchev–Trinajstić information content (AvgIpc) is 3.01. The van der Waals surface area contributed by atoms with Crippen molar-refractivity contribution in [3.05, 3.63) is 56.5 Å². The van der Waals surface area contributed by atoms with Crippen LogP contribution in [-0.2, 0) is 18.3 Å². The van der Waals surface area contributed by atoms with E-state index in [-0.39, 0.29) is 35.7 Å². The molecule has 1 aromatic carbocycles. The van der Waals surface area contributed by atoms with Crippen molar-refractivity contribution < 1.29 is 9.13 Å². The van der Waals surface area contributed by atoms with Crippen molar-refractivity contribution in [1.82, 2.24) is 19.1 Å². The van der Waals surface area contributed by atoms with E-state index in [0.29, 0.717) is 24.6 Å². The fourth-order valence-electron chi connectivity index (χ4n) is 3.75. The number of nitrogens with one attached hydrogen (secondary N) is 1.